The van der Waals surface area contributed by atoms with Gasteiger partial charge in [0.25, 0.3) is 0 Å². The number of benzene rings is 1. The number of aromatic amines is 1. The van der Waals surface area contributed by atoms with E-state index in [9.17, 15) is 9.18 Å². The number of amides is 2. The highest BCUT2D eigenvalue weighted by Crippen LogP contribution is 2.21. The van der Waals surface area contributed by atoms with Crippen LogP contribution in [0.3, 0.4) is 0 Å². The number of H-pyrrole nitrogens is 1. The first-order chi connectivity index (χ1) is 12.1. The first kappa shape index (κ1) is 16.7. The summed E-state index contributed by atoms with van der Waals surface area (Å²) in [5, 5.41) is 16.5. The van der Waals surface area contributed by atoms with Gasteiger partial charge in [-0.3, -0.25) is 10.4 Å². The zero-order valence-corrected chi connectivity index (χ0v) is 13.9. The smallest absolute Gasteiger partial charge is 0.320 e. The third kappa shape index (κ3) is 3.85. The minimum Gasteiger partial charge on any atom is -0.368 e. The molecule has 1 atom stereocenters. The van der Waals surface area contributed by atoms with Gasteiger partial charge in [0.15, 0.2) is 5.82 Å². The standard InChI is InChI=1S/C17H19FN6O/c1-3-19-16-13-9-20-15(8-14(13)23-24-16)22-17(25)21-10(2)11-4-6-12(18)7-5-11/h4-10H,3H2,1-2H3,(H2,19,23,24)(H2,20,21,22,25)/t10-/m1/s1. The molecule has 2 aromatic heterocycles. The summed E-state index contributed by atoms with van der Waals surface area (Å²) in [7, 11) is 0. The molecule has 0 saturated heterocycles. The van der Waals surface area contributed by atoms with E-state index in [1.54, 1.807) is 24.4 Å². The van der Waals surface area contributed by atoms with E-state index in [1.807, 2.05) is 13.8 Å². The van der Waals surface area contributed by atoms with Gasteiger partial charge in [0.05, 0.1) is 16.9 Å². The number of hydrogen-bond acceptors (Lipinski definition) is 4. The van der Waals surface area contributed by atoms with Gasteiger partial charge in [-0.2, -0.15) is 5.10 Å². The number of nitrogens with zero attached hydrogens (tertiary/aromatic N) is 2. The van der Waals surface area contributed by atoms with Crippen molar-refractivity contribution in [2.24, 2.45) is 0 Å². The Labute approximate surface area is 144 Å². The van der Waals surface area contributed by atoms with Gasteiger partial charge < -0.3 is 10.6 Å². The highest BCUT2D eigenvalue weighted by molar-refractivity contribution is 5.94. The van der Waals surface area contributed by atoms with Gasteiger partial charge in [-0.1, -0.05) is 12.1 Å². The number of fused-ring (bicyclic) bond motifs is 1. The lowest BCUT2D eigenvalue weighted by atomic mass is 10.1. The van der Waals surface area contributed by atoms with Gasteiger partial charge >= 0.3 is 6.03 Å². The molecule has 0 saturated carbocycles. The molecular weight excluding hydrogens is 323 g/mol. The molecule has 25 heavy (non-hydrogen) atoms. The Hall–Kier alpha value is -3.16. The van der Waals surface area contributed by atoms with Crippen molar-refractivity contribution in [2.75, 3.05) is 17.2 Å². The number of carbonyl (C=O) groups is 1. The maximum absolute atomic E-state index is 13.0. The summed E-state index contributed by atoms with van der Waals surface area (Å²) in [6.45, 7) is 4.56. The van der Waals surface area contributed by atoms with E-state index >= 15 is 0 Å². The minimum absolute atomic E-state index is 0.267. The average Bonchev–Trinajstić information content (AvgIpc) is 2.98. The van der Waals surface area contributed by atoms with Crippen LogP contribution in [0, 0.1) is 5.82 Å². The summed E-state index contributed by atoms with van der Waals surface area (Å²) in [6, 6.07) is 7.05. The number of hydrogen-bond donors (Lipinski definition) is 4. The van der Waals surface area contributed by atoms with E-state index in [4.69, 9.17) is 0 Å². The van der Waals surface area contributed by atoms with E-state index in [-0.39, 0.29) is 11.9 Å². The summed E-state index contributed by atoms with van der Waals surface area (Å²) < 4.78 is 13.0. The third-order valence-corrected chi connectivity index (χ3v) is 3.75. The molecule has 0 fully saturated rings. The lowest BCUT2D eigenvalue weighted by Gasteiger charge is -2.14. The quantitative estimate of drug-likeness (QED) is 0.571. The first-order valence-electron chi connectivity index (χ1n) is 7.97. The fourth-order valence-electron chi connectivity index (χ4n) is 2.47. The lowest BCUT2D eigenvalue weighted by Crippen LogP contribution is -2.31. The molecule has 0 aliphatic heterocycles. The number of urea groups is 1. The molecule has 4 N–H and O–H groups in total. The molecule has 2 heterocycles. The van der Waals surface area contributed by atoms with E-state index < -0.39 is 6.03 Å². The maximum atomic E-state index is 13.0. The third-order valence-electron chi connectivity index (χ3n) is 3.75. The van der Waals surface area contributed by atoms with Crippen molar-refractivity contribution < 1.29 is 9.18 Å². The Bertz CT molecular complexity index is 876. The normalized spacial score (nSPS) is 12.0. The molecule has 0 unspecified atom stereocenters. The Morgan fingerprint density at radius 1 is 1.32 bits per heavy atom. The number of carbonyl (C=O) groups excluding carboxylic acids is 1. The second kappa shape index (κ2) is 7.16. The number of anilines is 2. The number of pyridine rings is 1. The van der Waals surface area contributed by atoms with Crippen LogP contribution in [0.1, 0.15) is 25.5 Å². The molecule has 130 valence electrons. The van der Waals surface area contributed by atoms with Crippen LogP contribution >= 0.6 is 0 Å². The van der Waals surface area contributed by atoms with Gasteiger partial charge in [0, 0.05) is 18.8 Å². The predicted molar refractivity (Wildman–Crippen MR) is 95.0 cm³/mol. The maximum Gasteiger partial charge on any atom is 0.320 e. The first-order valence-corrected chi connectivity index (χ1v) is 7.97. The number of halogens is 1. The van der Waals surface area contributed by atoms with Crippen LogP contribution in [0.5, 0.6) is 0 Å². The molecule has 1 aromatic carbocycles. The molecular formula is C17H19FN6O. The molecule has 0 bridgehead atoms. The molecule has 0 aliphatic rings. The Balaban J connectivity index is 1.66. The van der Waals surface area contributed by atoms with E-state index in [0.717, 1.165) is 28.8 Å². The summed E-state index contributed by atoms with van der Waals surface area (Å²) in [4.78, 5) is 16.4. The van der Waals surface area contributed by atoms with Crippen LogP contribution in [0.4, 0.5) is 20.8 Å². The van der Waals surface area contributed by atoms with Crippen molar-refractivity contribution in [2.45, 2.75) is 19.9 Å². The predicted octanol–water partition coefficient (Wildman–Crippen LogP) is 3.41. The monoisotopic (exact) mass is 342 g/mol. The van der Waals surface area contributed by atoms with E-state index in [0.29, 0.717) is 5.82 Å². The Kier molecular flexibility index (Phi) is 4.78. The van der Waals surface area contributed by atoms with Gasteiger partial charge in [-0.25, -0.2) is 14.2 Å². The van der Waals surface area contributed by atoms with Gasteiger partial charge in [-0.15, -0.1) is 0 Å². The van der Waals surface area contributed by atoms with Crippen molar-refractivity contribution in [3.05, 3.63) is 47.9 Å². The second-order valence-corrected chi connectivity index (χ2v) is 5.59. The summed E-state index contributed by atoms with van der Waals surface area (Å²) in [5.41, 5.74) is 1.58. The lowest BCUT2D eigenvalue weighted by molar-refractivity contribution is 0.249. The topological polar surface area (TPSA) is 94.7 Å². The molecule has 0 radical (unpaired) electrons. The molecule has 8 heteroatoms. The van der Waals surface area contributed by atoms with Gasteiger partial charge in [0.1, 0.15) is 11.6 Å². The van der Waals surface area contributed by atoms with Crippen LogP contribution in [-0.2, 0) is 0 Å². The molecule has 0 aliphatic carbocycles. The Morgan fingerprint density at radius 3 is 2.80 bits per heavy atom. The highest BCUT2D eigenvalue weighted by Gasteiger charge is 2.12. The van der Waals surface area contributed by atoms with Crippen LogP contribution in [0.15, 0.2) is 36.5 Å². The second-order valence-electron chi connectivity index (χ2n) is 5.59. The summed E-state index contributed by atoms with van der Waals surface area (Å²) >= 11 is 0. The van der Waals surface area contributed by atoms with Crippen molar-refractivity contribution in [3.8, 4) is 0 Å². The highest BCUT2D eigenvalue weighted by atomic mass is 19.1. The van der Waals surface area contributed by atoms with E-state index in [2.05, 4.69) is 31.1 Å². The SMILES string of the molecule is CCNc1n[nH]c2cc(NC(=O)N[C@H](C)c3ccc(F)cc3)ncc12. The zero-order chi connectivity index (χ0) is 17.8. The largest absolute Gasteiger partial charge is 0.368 e. The van der Waals surface area contributed by atoms with Crippen molar-refractivity contribution in [1.29, 1.82) is 0 Å². The van der Waals surface area contributed by atoms with Crippen molar-refractivity contribution >= 4 is 28.6 Å². The molecule has 3 rings (SSSR count). The van der Waals surface area contributed by atoms with Crippen LogP contribution in [0.25, 0.3) is 10.9 Å². The number of nitrogens with one attached hydrogen (secondary N) is 4. The summed E-state index contributed by atoms with van der Waals surface area (Å²) in [6.07, 6.45) is 1.65. The van der Waals surface area contributed by atoms with Crippen molar-refractivity contribution in [1.82, 2.24) is 20.5 Å². The molecule has 2 amide bonds. The van der Waals surface area contributed by atoms with Gasteiger partial charge in [0.2, 0.25) is 0 Å². The number of aromatic nitrogens is 3. The molecule has 7 nitrogen and oxygen atoms in total. The molecule has 3 aromatic rings. The number of rotatable bonds is 5. The summed E-state index contributed by atoms with van der Waals surface area (Å²) in [5.74, 6) is 0.823. The fourth-order valence-corrected chi connectivity index (χ4v) is 2.47. The fraction of sp³-hybridized carbons (Fsp3) is 0.235. The average molecular weight is 342 g/mol. The van der Waals surface area contributed by atoms with Gasteiger partial charge in [-0.05, 0) is 31.5 Å². The zero-order valence-electron chi connectivity index (χ0n) is 13.9. The van der Waals surface area contributed by atoms with E-state index in [1.165, 1.54) is 12.1 Å². The van der Waals surface area contributed by atoms with Crippen LogP contribution < -0.4 is 16.0 Å². The Morgan fingerprint density at radius 2 is 2.08 bits per heavy atom. The van der Waals surface area contributed by atoms with Crippen LogP contribution in [0.2, 0.25) is 0 Å². The van der Waals surface area contributed by atoms with Crippen molar-refractivity contribution in [3.63, 3.8) is 0 Å². The van der Waals surface area contributed by atoms with Crippen LogP contribution in [-0.4, -0.2) is 27.8 Å². The molecule has 0 spiro atoms. The minimum atomic E-state index is -0.393.